The van der Waals surface area contributed by atoms with Crippen LogP contribution in [0.3, 0.4) is 0 Å². The van der Waals surface area contributed by atoms with E-state index in [2.05, 4.69) is 9.97 Å². The fourth-order valence-electron chi connectivity index (χ4n) is 1.03. The molecule has 46 valence electrons. The Morgan fingerprint density at radius 2 is 2.50 bits per heavy atom. The minimum atomic E-state index is -0.00667. The monoisotopic (exact) mass is 129 g/mol. The minimum absolute atomic E-state index is 0.00667. The van der Waals surface area contributed by atoms with E-state index in [0.29, 0.717) is 5.59 Å². The van der Waals surface area contributed by atoms with Gasteiger partial charge in [0.2, 0.25) is 0 Å². The smallest absolute Gasteiger partial charge is 0.142 e. The molecule has 0 spiro atoms. The number of allylic oxidation sites excluding steroid dienone is 1. The first-order chi connectivity index (χ1) is 5.27. The van der Waals surface area contributed by atoms with Gasteiger partial charge in [-0.3, -0.25) is 4.98 Å². The summed E-state index contributed by atoms with van der Waals surface area (Å²) in [5.74, 6) is 0. The average molecular weight is 129 g/mol. The van der Waals surface area contributed by atoms with E-state index in [1.54, 1.807) is 0 Å². The summed E-state index contributed by atoms with van der Waals surface area (Å²) in [6.07, 6.45) is 4.62. The van der Waals surface area contributed by atoms with Crippen LogP contribution in [0.2, 0.25) is 0 Å². The number of rotatable bonds is 0. The molecule has 0 aromatic carbocycles. The summed E-state index contributed by atoms with van der Waals surface area (Å²) in [6, 6.07) is 0. The molecule has 1 heterocycles. The summed E-state index contributed by atoms with van der Waals surface area (Å²) in [4.78, 5) is 7.64. The van der Waals surface area contributed by atoms with Crippen LogP contribution in [0.1, 0.15) is 12.6 Å². The molecule has 1 aliphatic carbocycles. The maximum Gasteiger partial charge on any atom is 0.142 e. The van der Waals surface area contributed by atoms with Crippen LogP contribution in [0, 0.1) is 0 Å². The Bertz CT molecular complexity index is 335. The van der Waals surface area contributed by atoms with Crippen molar-refractivity contribution >= 4 is 19.5 Å². The topological polar surface area (TPSA) is 25.8 Å². The van der Waals surface area contributed by atoms with Crippen molar-refractivity contribution in [3.8, 4) is 0 Å². The molecule has 3 heteroatoms. The Hall–Kier alpha value is -1.12. The van der Waals surface area contributed by atoms with Crippen LogP contribution in [0.5, 0.6) is 0 Å². The zero-order chi connectivity index (χ0) is 7.84. The third-order valence-corrected chi connectivity index (χ3v) is 1.56. The number of aromatic nitrogens is 2. The molecule has 0 atom stereocenters. The Morgan fingerprint density at radius 1 is 1.60 bits per heavy atom. The van der Waals surface area contributed by atoms with Crippen molar-refractivity contribution in [2.45, 2.75) is 6.42 Å². The molecule has 1 aromatic rings. The normalized spacial score (nSPS) is 15.0. The Balaban J connectivity index is 2.66. The summed E-state index contributed by atoms with van der Waals surface area (Å²) in [5.41, 5.74) is 2.17. The number of hydrogen-bond acceptors (Lipinski definition) is 2. The second-order valence-corrected chi connectivity index (χ2v) is 2.18. The van der Waals surface area contributed by atoms with Crippen LogP contribution < -0.4 is 5.59 Å². The van der Waals surface area contributed by atoms with E-state index in [0.717, 1.165) is 17.7 Å². The molecule has 0 saturated carbocycles. The SMILES string of the molecule is [2H]c1nc([B])c2c(n1)C=CC2. The molecule has 0 fully saturated rings. The Labute approximate surface area is 61.8 Å². The maximum absolute atomic E-state index is 7.17. The minimum Gasteiger partial charge on any atom is -0.253 e. The van der Waals surface area contributed by atoms with E-state index in [-0.39, 0.29) is 6.30 Å². The summed E-state index contributed by atoms with van der Waals surface area (Å²) >= 11 is 0. The third-order valence-electron chi connectivity index (χ3n) is 1.56. The van der Waals surface area contributed by atoms with E-state index in [4.69, 9.17) is 9.22 Å². The molecule has 0 amide bonds. The third kappa shape index (κ3) is 0.669. The first kappa shape index (κ1) is 4.66. The second kappa shape index (κ2) is 1.94. The van der Waals surface area contributed by atoms with E-state index in [1.165, 1.54) is 0 Å². The van der Waals surface area contributed by atoms with Crippen molar-refractivity contribution in [3.63, 3.8) is 0 Å². The van der Waals surface area contributed by atoms with Gasteiger partial charge < -0.3 is 0 Å². The molecular weight excluding hydrogens is 123 g/mol. The molecular formula is C7H5BN2. The first-order valence-corrected chi connectivity index (χ1v) is 3.07. The molecule has 2 nitrogen and oxygen atoms in total. The molecule has 1 aliphatic rings. The average Bonchev–Trinajstić information content (AvgIpc) is 2.34. The van der Waals surface area contributed by atoms with Crippen LogP contribution in [0.15, 0.2) is 12.4 Å². The molecule has 2 rings (SSSR count). The Morgan fingerprint density at radius 3 is 3.40 bits per heavy atom. The standard InChI is InChI=1S/C7H5BN2/c8-7-5-2-1-3-6(5)9-4-10-7/h1,3-4H,2H2/i4D. The molecule has 0 unspecified atom stereocenters. The van der Waals surface area contributed by atoms with Crippen molar-refractivity contribution in [1.29, 1.82) is 0 Å². The van der Waals surface area contributed by atoms with Crippen LogP contribution in [-0.4, -0.2) is 17.8 Å². The van der Waals surface area contributed by atoms with E-state index < -0.39 is 0 Å². The molecule has 0 aliphatic heterocycles. The van der Waals surface area contributed by atoms with E-state index in [9.17, 15) is 0 Å². The van der Waals surface area contributed by atoms with Gasteiger partial charge >= 0.3 is 0 Å². The number of fused-ring (bicyclic) bond motifs is 1. The lowest BCUT2D eigenvalue weighted by Crippen LogP contribution is -2.15. The zero-order valence-corrected chi connectivity index (χ0v) is 5.33. The molecule has 0 N–H and O–H groups in total. The molecule has 0 bridgehead atoms. The van der Waals surface area contributed by atoms with Gasteiger partial charge in [0.25, 0.3) is 0 Å². The lowest BCUT2D eigenvalue weighted by molar-refractivity contribution is 1.13. The van der Waals surface area contributed by atoms with Gasteiger partial charge in [0.1, 0.15) is 15.5 Å². The predicted molar refractivity (Wildman–Crippen MR) is 40.2 cm³/mol. The van der Waals surface area contributed by atoms with Crippen LogP contribution in [-0.2, 0) is 6.42 Å². The highest BCUT2D eigenvalue weighted by molar-refractivity contribution is 6.31. The van der Waals surface area contributed by atoms with Crippen LogP contribution in [0.25, 0.3) is 6.08 Å². The van der Waals surface area contributed by atoms with Gasteiger partial charge in [-0.2, -0.15) is 0 Å². The second-order valence-electron chi connectivity index (χ2n) is 2.18. The highest BCUT2D eigenvalue weighted by atomic mass is 14.8. The molecule has 0 saturated heterocycles. The predicted octanol–water partition coefficient (Wildman–Crippen LogP) is -0.160. The summed E-state index contributed by atoms with van der Waals surface area (Å²) in [5, 5.41) is 0. The number of nitrogens with zero attached hydrogens (tertiary/aromatic N) is 2. The van der Waals surface area contributed by atoms with Gasteiger partial charge in [-0.05, 0) is 23.7 Å². The van der Waals surface area contributed by atoms with E-state index in [1.807, 2.05) is 12.2 Å². The van der Waals surface area contributed by atoms with E-state index >= 15 is 0 Å². The Kier molecular flexibility index (Phi) is 0.904. The maximum atomic E-state index is 7.17. The number of hydrogen-bond donors (Lipinski definition) is 0. The first-order valence-electron chi connectivity index (χ1n) is 3.57. The summed E-state index contributed by atoms with van der Waals surface area (Å²) < 4.78 is 7.17. The lowest BCUT2D eigenvalue weighted by Gasteiger charge is -1.99. The van der Waals surface area contributed by atoms with Gasteiger partial charge in [-0.1, -0.05) is 6.08 Å². The van der Waals surface area contributed by atoms with Crippen molar-refractivity contribution < 1.29 is 1.37 Å². The quantitative estimate of drug-likeness (QED) is 0.455. The lowest BCUT2D eigenvalue weighted by atomic mass is 9.97. The van der Waals surface area contributed by atoms with Crippen LogP contribution in [0.4, 0.5) is 0 Å². The van der Waals surface area contributed by atoms with Crippen molar-refractivity contribution in [1.82, 2.24) is 9.97 Å². The summed E-state index contributed by atoms with van der Waals surface area (Å²) in [6.45, 7) is 0. The summed E-state index contributed by atoms with van der Waals surface area (Å²) in [7, 11) is 5.56. The van der Waals surface area contributed by atoms with Crippen molar-refractivity contribution in [2.24, 2.45) is 0 Å². The molecule has 2 radical (unpaired) electrons. The fraction of sp³-hybridized carbons (Fsp3) is 0.143. The molecule has 10 heavy (non-hydrogen) atoms. The highest BCUT2D eigenvalue weighted by Gasteiger charge is 2.07. The van der Waals surface area contributed by atoms with Gasteiger partial charge in [0, 0.05) is 0 Å². The zero-order valence-electron chi connectivity index (χ0n) is 6.33. The van der Waals surface area contributed by atoms with Gasteiger partial charge in [0.05, 0.1) is 5.69 Å². The van der Waals surface area contributed by atoms with Gasteiger partial charge in [-0.25, -0.2) is 4.98 Å². The molecule has 1 aromatic heterocycles. The van der Waals surface area contributed by atoms with Crippen molar-refractivity contribution in [2.75, 3.05) is 0 Å². The van der Waals surface area contributed by atoms with Gasteiger partial charge in [-0.15, -0.1) is 0 Å². The highest BCUT2D eigenvalue weighted by Crippen LogP contribution is 2.11. The van der Waals surface area contributed by atoms with Crippen molar-refractivity contribution in [3.05, 3.63) is 23.6 Å². The van der Waals surface area contributed by atoms with Crippen LogP contribution >= 0.6 is 0 Å². The largest absolute Gasteiger partial charge is 0.253 e. The fourth-order valence-corrected chi connectivity index (χ4v) is 1.03. The van der Waals surface area contributed by atoms with Gasteiger partial charge in [0.15, 0.2) is 0 Å².